The molecule has 2 N–H and O–H groups in total. The van der Waals surface area contributed by atoms with E-state index in [4.69, 9.17) is 0 Å². The van der Waals surface area contributed by atoms with Gasteiger partial charge in [0, 0.05) is 30.9 Å². The van der Waals surface area contributed by atoms with Crippen molar-refractivity contribution in [3.8, 4) is 0 Å². The van der Waals surface area contributed by atoms with Gasteiger partial charge in [-0.2, -0.15) is 0 Å². The van der Waals surface area contributed by atoms with Gasteiger partial charge >= 0.3 is 0 Å². The van der Waals surface area contributed by atoms with Gasteiger partial charge in [-0.25, -0.2) is 13.1 Å². The Labute approximate surface area is 189 Å². The van der Waals surface area contributed by atoms with Crippen LogP contribution in [0.4, 0.5) is 11.4 Å². The first-order valence-electron chi connectivity index (χ1n) is 10.6. The first-order valence-corrected chi connectivity index (χ1v) is 12.2. The lowest BCUT2D eigenvalue weighted by Gasteiger charge is -2.18. The molecule has 1 aliphatic rings. The second-order valence-corrected chi connectivity index (χ2v) is 10.0. The standard InChI is InChI=1S/C24H29N3O4S/c1-4-12-25-32(30,31)16-18-8-10-21(11-9-18)26-24(29)20-14-23(28)27(15-20)22-7-5-6-19(13-22)17(2)3/h4-11,13,17,20,25H,1,12,14-16H2,2-3H3,(H,26,29). The molecule has 8 heteroatoms. The average Bonchev–Trinajstić information content (AvgIpc) is 3.15. The van der Waals surface area contributed by atoms with Gasteiger partial charge in [-0.1, -0.05) is 44.2 Å². The average molecular weight is 456 g/mol. The summed E-state index contributed by atoms with van der Waals surface area (Å²) in [5.41, 5.74) is 3.12. The van der Waals surface area contributed by atoms with E-state index in [0.29, 0.717) is 23.7 Å². The number of carbonyl (C=O) groups is 2. The van der Waals surface area contributed by atoms with Gasteiger partial charge in [0.1, 0.15) is 0 Å². The van der Waals surface area contributed by atoms with E-state index in [1.165, 1.54) is 6.08 Å². The summed E-state index contributed by atoms with van der Waals surface area (Å²) in [4.78, 5) is 27.0. The molecule has 0 aromatic heterocycles. The van der Waals surface area contributed by atoms with Crippen LogP contribution in [0.2, 0.25) is 0 Å². The molecule has 0 saturated carbocycles. The maximum absolute atomic E-state index is 12.7. The van der Waals surface area contributed by atoms with Crippen LogP contribution in [0.1, 0.15) is 37.3 Å². The van der Waals surface area contributed by atoms with Crippen molar-refractivity contribution in [2.45, 2.75) is 31.9 Å². The molecule has 0 spiro atoms. The molecule has 2 aromatic rings. The molecule has 32 heavy (non-hydrogen) atoms. The maximum Gasteiger partial charge on any atom is 0.229 e. The van der Waals surface area contributed by atoms with Gasteiger partial charge in [0.2, 0.25) is 21.8 Å². The number of nitrogens with zero attached hydrogens (tertiary/aromatic N) is 1. The van der Waals surface area contributed by atoms with Crippen molar-refractivity contribution < 1.29 is 18.0 Å². The summed E-state index contributed by atoms with van der Waals surface area (Å²) >= 11 is 0. The molecule has 0 bridgehead atoms. The Kier molecular flexibility index (Phi) is 7.48. The molecule has 1 saturated heterocycles. The van der Waals surface area contributed by atoms with Crippen LogP contribution in [-0.4, -0.2) is 33.3 Å². The SMILES string of the molecule is C=CCNS(=O)(=O)Cc1ccc(NC(=O)C2CC(=O)N(c3cccc(C(C)C)c3)C2)cc1. The van der Waals surface area contributed by atoms with E-state index in [0.717, 1.165) is 11.3 Å². The largest absolute Gasteiger partial charge is 0.326 e. The third kappa shape index (κ3) is 6.05. The van der Waals surface area contributed by atoms with E-state index in [1.54, 1.807) is 29.2 Å². The highest BCUT2D eigenvalue weighted by molar-refractivity contribution is 7.88. The monoisotopic (exact) mass is 455 g/mol. The summed E-state index contributed by atoms with van der Waals surface area (Å²) in [6.45, 7) is 8.19. The van der Waals surface area contributed by atoms with Gasteiger partial charge in [-0.15, -0.1) is 6.58 Å². The van der Waals surface area contributed by atoms with Gasteiger partial charge in [-0.3, -0.25) is 9.59 Å². The molecule has 2 aromatic carbocycles. The Hall–Kier alpha value is -2.97. The number of hydrogen-bond donors (Lipinski definition) is 2. The van der Waals surface area contributed by atoms with Gasteiger partial charge in [0.15, 0.2) is 0 Å². The Morgan fingerprint density at radius 3 is 2.59 bits per heavy atom. The second kappa shape index (κ2) is 10.1. The molecule has 1 fully saturated rings. The van der Waals surface area contributed by atoms with E-state index >= 15 is 0 Å². The van der Waals surface area contributed by atoms with Crippen molar-refractivity contribution in [3.05, 3.63) is 72.3 Å². The number of nitrogens with one attached hydrogen (secondary N) is 2. The molecule has 7 nitrogen and oxygen atoms in total. The lowest BCUT2D eigenvalue weighted by atomic mass is 10.0. The minimum absolute atomic E-state index is 0.0707. The summed E-state index contributed by atoms with van der Waals surface area (Å²) < 4.78 is 26.4. The summed E-state index contributed by atoms with van der Waals surface area (Å²) in [5, 5.41) is 2.83. The van der Waals surface area contributed by atoms with E-state index in [2.05, 4.69) is 30.5 Å². The topological polar surface area (TPSA) is 95.6 Å². The van der Waals surface area contributed by atoms with Crippen LogP contribution in [0.15, 0.2) is 61.2 Å². The van der Waals surface area contributed by atoms with Crippen LogP contribution in [0.3, 0.4) is 0 Å². The third-order valence-corrected chi connectivity index (χ3v) is 6.69. The van der Waals surface area contributed by atoms with E-state index in [1.807, 2.05) is 24.3 Å². The van der Waals surface area contributed by atoms with Crippen molar-refractivity contribution >= 4 is 33.2 Å². The fourth-order valence-corrected chi connectivity index (χ4v) is 4.67. The zero-order chi connectivity index (χ0) is 23.3. The lowest BCUT2D eigenvalue weighted by molar-refractivity contribution is -0.122. The molecule has 1 heterocycles. The zero-order valence-electron chi connectivity index (χ0n) is 18.4. The number of rotatable bonds is 9. The molecule has 0 aliphatic carbocycles. The van der Waals surface area contributed by atoms with Gasteiger partial charge in [0.25, 0.3) is 0 Å². The molecule has 170 valence electrons. The molecule has 0 radical (unpaired) electrons. The fourth-order valence-electron chi connectivity index (χ4n) is 3.57. The third-order valence-electron chi connectivity index (χ3n) is 5.37. The number of carbonyl (C=O) groups excluding carboxylic acids is 2. The van der Waals surface area contributed by atoms with Crippen LogP contribution >= 0.6 is 0 Å². The van der Waals surface area contributed by atoms with E-state index in [-0.39, 0.29) is 30.5 Å². The molecule has 2 amide bonds. The van der Waals surface area contributed by atoms with Crippen LogP contribution in [0.5, 0.6) is 0 Å². The van der Waals surface area contributed by atoms with Crippen LogP contribution in [0, 0.1) is 5.92 Å². The normalized spacial score (nSPS) is 16.4. The highest BCUT2D eigenvalue weighted by atomic mass is 32.2. The Morgan fingerprint density at radius 2 is 1.94 bits per heavy atom. The molecule has 3 rings (SSSR count). The van der Waals surface area contributed by atoms with Crippen molar-refractivity contribution in [2.75, 3.05) is 23.3 Å². The summed E-state index contributed by atoms with van der Waals surface area (Å²) in [5.74, 6) is -0.556. The van der Waals surface area contributed by atoms with Crippen molar-refractivity contribution in [1.82, 2.24) is 4.72 Å². The Morgan fingerprint density at radius 1 is 1.22 bits per heavy atom. The van der Waals surface area contributed by atoms with Gasteiger partial charge in [0.05, 0.1) is 11.7 Å². The highest BCUT2D eigenvalue weighted by Gasteiger charge is 2.35. The van der Waals surface area contributed by atoms with Crippen LogP contribution in [-0.2, 0) is 25.4 Å². The van der Waals surface area contributed by atoms with E-state index < -0.39 is 15.9 Å². The second-order valence-electron chi connectivity index (χ2n) is 8.24. The molecule has 1 unspecified atom stereocenters. The van der Waals surface area contributed by atoms with Crippen molar-refractivity contribution in [2.24, 2.45) is 5.92 Å². The lowest BCUT2D eigenvalue weighted by Crippen LogP contribution is -2.28. The van der Waals surface area contributed by atoms with Crippen molar-refractivity contribution in [1.29, 1.82) is 0 Å². The number of amides is 2. The molecular formula is C24H29N3O4S. The van der Waals surface area contributed by atoms with Crippen LogP contribution in [0.25, 0.3) is 0 Å². The Bertz CT molecular complexity index is 1090. The molecular weight excluding hydrogens is 426 g/mol. The molecule has 1 atom stereocenters. The maximum atomic E-state index is 12.7. The minimum Gasteiger partial charge on any atom is -0.326 e. The number of anilines is 2. The first-order chi connectivity index (χ1) is 15.2. The summed E-state index contributed by atoms with van der Waals surface area (Å²) in [6.07, 6.45) is 1.63. The first kappa shape index (κ1) is 23.7. The quantitative estimate of drug-likeness (QED) is 0.567. The van der Waals surface area contributed by atoms with E-state index in [9.17, 15) is 18.0 Å². The highest BCUT2D eigenvalue weighted by Crippen LogP contribution is 2.28. The smallest absolute Gasteiger partial charge is 0.229 e. The minimum atomic E-state index is -3.44. The fraction of sp³-hybridized carbons (Fsp3) is 0.333. The van der Waals surface area contributed by atoms with Gasteiger partial charge in [-0.05, 0) is 41.3 Å². The molecule has 1 aliphatic heterocycles. The predicted octanol–water partition coefficient (Wildman–Crippen LogP) is 3.41. The zero-order valence-corrected chi connectivity index (χ0v) is 19.2. The van der Waals surface area contributed by atoms with Crippen LogP contribution < -0.4 is 14.9 Å². The van der Waals surface area contributed by atoms with Crippen molar-refractivity contribution in [3.63, 3.8) is 0 Å². The number of benzene rings is 2. The summed E-state index contributed by atoms with van der Waals surface area (Å²) in [6, 6.07) is 14.5. The van der Waals surface area contributed by atoms with Gasteiger partial charge < -0.3 is 10.2 Å². The number of sulfonamides is 1. The Balaban J connectivity index is 1.61. The predicted molar refractivity (Wildman–Crippen MR) is 127 cm³/mol. The number of hydrogen-bond acceptors (Lipinski definition) is 4. The summed E-state index contributed by atoms with van der Waals surface area (Å²) in [7, 11) is -3.44.